The Balaban J connectivity index is 1.24. The maximum atomic E-state index is 6.09. The molecule has 0 fully saturated rings. The third-order valence-corrected chi connectivity index (χ3v) is 7.14. The Labute approximate surface area is 223 Å². The lowest BCUT2D eigenvalue weighted by molar-refractivity contribution is 0.669. The van der Waals surface area contributed by atoms with Crippen LogP contribution in [-0.4, -0.2) is 19.9 Å². The lowest BCUT2D eigenvalue weighted by atomic mass is 10.1. The van der Waals surface area contributed by atoms with Gasteiger partial charge in [0.15, 0.2) is 5.82 Å². The van der Waals surface area contributed by atoms with Gasteiger partial charge < -0.3 is 4.42 Å². The van der Waals surface area contributed by atoms with Crippen LogP contribution in [0.1, 0.15) is 0 Å². The molecule has 0 radical (unpaired) electrons. The molecule has 5 heteroatoms. The van der Waals surface area contributed by atoms with E-state index < -0.39 is 0 Å². The second kappa shape index (κ2) is 8.57. The van der Waals surface area contributed by atoms with Gasteiger partial charge in [0.25, 0.3) is 0 Å². The Kier molecular flexibility index (Phi) is 4.76. The summed E-state index contributed by atoms with van der Waals surface area (Å²) in [6, 6.07) is 38.7. The van der Waals surface area contributed by atoms with Crippen molar-refractivity contribution in [2.75, 3.05) is 0 Å². The van der Waals surface area contributed by atoms with Crippen LogP contribution in [0.15, 0.2) is 126 Å². The van der Waals surface area contributed by atoms with Crippen molar-refractivity contribution in [1.82, 2.24) is 19.9 Å². The Bertz CT molecular complexity index is 2180. The molecule has 4 aromatic heterocycles. The molecule has 4 heterocycles. The molecular formula is C34H20N4O. The smallest absolute Gasteiger partial charge is 0.159 e. The summed E-state index contributed by atoms with van der Waals surface area (Å²) in [4.78, 5) is 19.5. The summed E-state index contributed by atoms with van der Waals surface area (Å²) in [5.41, 5.74) is 7.84. The molecular weight excluding hydrogens is 480 g/mol. The average Bonchev–Trinajstić information content (AvgIpc) is 3.39. The van der Waals surface area contributed by atoms with Crippen molar-refractivity contribution >= 4 is 43.7 Å². The molecule has 0 aliphatic heterocycles. The molecule has 0 bridgehead atoms. The monoisotopic (exact) mass is 500 g/mol. The number of furan rings is 1. The standard InChI is InChI=1S/C34H20N4O/c1-2-6-21(7-3-1)27-16-13-22-10-11-23-14-17-28(37-33(23)32(22)36-27)29-18-19-35-34(38-29)24-12-15-26-25-8-4-5-9-30(25)39-31(26)20-24/h1-20H. The lowest BCUT2D eigenvalue weighted by Gasteiger charge is -2.08. The maximum Gasteiger partial charge on any atom is 0.159 e. The third-order valence-electron chi connectivity index (χ3n) is 7.14. The van der Waals surface area contributed by atoms with Crippen LogP contribution in [0, 0.1) is 0 Å². The Morgan fingerprint density at radius 3 is 1.97 bits per heavy atom. The Hall–Kier alpha value is -5.42. The van der Waals surface area contributed by atoms with Crippen LogP contribution in [0.4, 0.5) is 0 Å². The third kappa shape index (κ3) is 3.63. The topological polar surface area (TPSA) is 64.7 Å². The molecule has 5 nitrogen and oxygen atoms in total. The van der Waals surface area contributed by atoms with Crippen LogP contribution >= 0.6 is 0 Å². The number of para-hydroxylation sites is 1. The number of aromatic nitrogens is 4. The highest BCUT2D eigenvalue weighted by Crippen LogP contribution is 2.32. The van der Waals surface area contributed by atoms with Gasteiger partial charge in [-0.3, -0.25) is 0 Å². The molecule has 8 rings (SSSR count). The van der Waals surface area contributed by atoms with Gasteiger partial charge in [-0.15, -0.1) is 0 Å². The minimum atomic E-state index is 0.624. The molecule has 8 aromatic rings. The van der Waals surface area contributed by atoms with Crippen molar-refractivity contribution in [2.24, 2.45) is 0 Å². The number of rotatable bonds is 3. The van der Waals surface area contributed by atoms with Crippen molar-refractivity contribution in [3.05, 3.63) is 121 Å². The molecule has 4 aromatic carbocycles. The van der Waals surface area contributed by atoms with Gasteiger partial charge in [0.2, 0.25) is 0 Å². The van der Waals surface area contributed by atoms with Gasteiger partial charge in [-0.2, -0.15) is 0 Å². The second-order valence-corrected chi connectivity index (χ2v) is 9.54. The van der Waals surface area contributed by atoms with E-state index in [0.29, 0.717) is 5.82 Å². The highest BCUT2D eigenvalue weighted by Gasteiger charge is 2.12. The summed E-state index contributed by atoms with van der Waals surface area (Å²) >= 11 is 0. The number of fused-ring (bicyclic) bond motifs is 6. The van der Waals surface area contributed by atoms with Crippen molar-refractivity contribution in [3.63, 3.8) is 0 Å². The molecule has 182 valence electrons. The largest absolute Gasteiger partial charge is 0.456 e. The maximum absolute atomic E-state index is 6.09. The molecule has 0 amide bonds. The summed E-state index contributed by atoms with van der Waals surface area (Å²) in [5.74, 6) is 0.624. The van der Waals surface area contributed by atoms with Crippen LogP contribution in [0.2, 0.25) is 0 Å². The van der Waals surface area contributed by atoms with Crippen molar-refractivity contribution in [3.8, 4) is 34.0 Å². The van der Waals surface area contributed by atoms with E-state index in [2.05, 4.69) is 59.6 Å². The van der Waals surface area contributed by atoms with Gasteiger partial charge in [-0.25, -0.2) is 19.9 Å². The fraction of sp³-hybridized carbons (Fsp3) is 0. The predicted molar refractivity (Wildman–Crippen MR) is 156 cm³/mol. The number of hydrogen-bond acceptors (Lipinski definition) is 5. The van der Waals surface area contributed by atoms with E-state index in [4.69, 9.17) is 19.4 Å². The highest BCUT2D eigenvalue weighted by molar-refractivity contribution is 6.06. The zero-order valence-electron chi connectivity index (χ0n) is 20.7. The van der Waals surface area contributed by atoms with E-state index in [1.54, 1.807) is 6.20 Å². The SMILES string of the molecule is c1ccc(-c2ccc3ccc4ccc(-c5ccnc(-c6ccc7c(c6)oc6ccccc67)n5)nc4c3n2)cc1. The number of hydrogen-bond donors (Lipinski definition) is 0. The lowest BCUT2D eigenvalue weighted by Crippen LogP contribution is -1.95. The van der Waals surface area contributed by atoms with Crippen molar-refractivity contribution in [2.45, 2.75) is 0 Å². The summed E-state index contributed by atoms with van der Waals surface area (Å²) in [6.07, 6.45) is 1.78. The van der Waals surface area contributed by atoms with Gasteiger partial charge in [-0.1, -0.05) is 78.9 Å². The van der Waals surface area contributed by atoms with Crippen LogP contribution in [0.25, 0.3) is 77.8 Å². The molecule has 0 spiro atoms. The molecule has 0 saturated heterocycles. The minimum absolute atomic E-state index is 0.624. The number of nitrogens with zero attached hydrogens (tertiary/aromatic N) is 4. The van der Waals surface area contributed by atoms with Crippen LogP contribution < -0.4 is 0 Å². The zero-order valence-corrected chi connectivity index (χ0v) is 20.7. The first-order valence-electron chi connectivity index (χ1n) is 12.8. The number of benzene rings is 4. The molecule has 0 unspecified atom stereocenters. The fourth-order valence-electron chi connectivity index (χ4n) is 5.19. The van der Waals surface area contributed by atoms with Crippen molar-refractivity contribution in [1.29, 1.82) is 0 Å². The summed E-state index contributed by atoms with van der Waals surface area (Å²) < 4.78 is 6.09. The summed E-state index contributed by atoms with van der Waals surface area (Å²) in [5, 5.41) is 4.27. The van der Waals surface area contributed by atoms with Gasteiger partial charge in [0.05, 0.1) is 28.1 Å². The van der Waals surface area contributed by atoms with Crippen LogP contribution in [0.5, 0.6) is 0 Å². The second-order valence-electron chi connectivity index (χ2n) is 9.54. The fourth-order valence-corrected chi connectivity index (χ4v) is 5.19. The highest BCUT2D eigenvalue weighted by atomic mass is 16.3. The van der Waals surface area contributed by atoms with Crippen molar-refractivity contribution < 1.29 is 4.42 Å². The Morgan fingerprint density at radius 2 is 1.13 bits per heavy atom. The van der Waals surface area contributed by atoms with Gasteiger partial charge in [0.1, 0.15) is 11.2 Å². The molecule has 39 heavy (non-hydrogen) atoms. The normalized spacial score (nSPS) is 11.6. The van der Waals surface area contributed by atoms with E-state index in [9.17, 15) is 0 Å². The van der Waals surface area contributed by atoms with E-state index in [1.807, 2.05) is 60.7 Å². The molecule has 0 N–H and O–H groups in total. The van der Waals surface area contributed by atoms with E-state index in [1.165, 1.54) is 0 Å². The molecule has 0 aliphatic carbocycles. The van der Waals surface area contributed by atoms with Gasteiger partial charge in [-0.05, 0) is 36.4 Å². The minimum Gasteiger partial charge on any atom is -0.456 e. The first-order valence-corrected chi connectivity index (χ1v) is 12.8. The van der Waals surface area contributed by atoms with E-state index in [-0.39, 0.29) is 0 Å². The predicted octanol–water partition coefficient (Wildman–Crippen LogP) is 8.47. The van der Waals surface area contributed by atoms with E-state index in [0.717, 1.165) is 72.0 Å². The molecule has 0 saturated carbocycles. The average molecular weight is 501 g/mol. The summed E-state index contributed by atoms with van der Waals surface area (Å²) in [7, 11) is 0. The number of pyridine rings is 2. The quantitative estimate of drug-likeness (QED) is 0.228. The van der Waals surface area contributed by atoms with Crippen LogP contribution in [0.3, 0.4) is 0 Å². The zero-order chi connectivity index (χ0) is 25.8. The molecule has 0 atom stereocenters. The van der Waals surface area contributed by atoms with Gasteiger partial charge >= 0.3 is 0 Å². The van der Waals surface area contributed by atoms with Gasteiger partial charge in [0, 0.05) is 38.9 Å². The van der Waals surface area contributed by atoms with E-state index >= 15 is 0 Å². The first-order chi connectivity index (χ1) is 19.3. The summed E-state index contributed by atoms with van der Waals surface area (Å²) in [6.45, 7) is 0. The Morgan fingerprint density at radius 1 is 0.462 bits per heavy atom. The first kappa shape index (κ1) is 21.6. The molecule has 0 aliphatic rings. The van der Waals surface area contributed by atoms with Crippen LogP contribution in [-0.2, 0) is 0 Å².